The summed E-state index contributed by atoms with van der Waals surface area (Å²) in [7, 11) is 1.52. The molecule has 0 amide bonds. The van der Waals surface area contributed by atoms with Gasteiger partial charge in [-0.05, 0) is 0 Å². The van der Waals surface area contributed by atoms with E-state index in [1.807, 2.05) is 4.98 Å². The maximum Gasteiger partial charge on any atom is 0.326 e. The number of ether oxygens (including phenoxy) is 1. The monoisotopic (exact) mass is 298 g/mol. The molecule has 10 heteroatoms. The van der Waals surface area contributed by atoms with E-state index in [4.69, 9.17) is 9.84 Å². The Hall–Kier alpha value is -2.01. The number of hydrogen-bond acceptors (Lipinski definition) is 7. The van der Waals surface area contributed by atoms with Gasteiger partial charge in [0.25, 0.3) is 5.56 Å². The van der Waals surface area contributed by atoms with E-state index in [-0.39, 0.29) is 16.7 Å². The van der Waals surface area contributed by atoms with Crippen LogP contribution < -0.4 is 11.2 Å². The highest BCUT2D eigenvalue weighted by Gasteiger charge is 2.45. The van der Waals surface area contributed by atoms with Crippen molar-refractivity contribution < 1.29 is 20.1 Å². The van der Waals surface area contributed by atoms with Crippen LogP contribution in [-0.2, 0) is 11.8 Å². The molecule has 0 saturated carbocycles. The van der Waals surface area contributed by atoms with Gasteiger partial charge in [-0.2, -0.15) is 5.10 Å². The topological polar surface area (TPSA) is 153 Å². The minimum Gasteiger partial charge on any atom is -0.394 e. The predicted molar refractivity (Wildman–Crippen MR) is 68.7 cm³/mol. The second-order valence-electron chi connectivity index (χ2n) is 4.90. The third-order valence-electron chi connectivity index (χ3n) is 3.58. The summed E-state index contributed by atoms with van der Waals surface area (Å²) < 4.78 is 6.69. The zero-order valence-electron chi connectivity index (χ0n) is 11.0. The molecule has 21 heavy (non-hydrogen) atoms. The Morgan fingerprint density at radius 3 is 2.62 bits per heavy atom. The van der Waals surface area contributed by atoms with Crippen LogP contribution in [0.3, 0.4) is 0 Å². The zero-order valence-corrected chi connectivity index (χ0v) is 11.0. The summed E-state index contributed by atoms with van der Waals surface area (Å²) in [6.45, 7) is -0.471. The number of aryl methyl sites for hydroxylation is 1. The van der Waals surface area contributed by atoms with Crippen LogP contribution in [0.4, 0.5) is 0 Å². The third kappa shape index (κ3) is 2.00. The minimum atomic E-state index is -1.32. The molecule has 0 radical (unpaired) electrons. The van der Waals surface area contributed by atoms with Crippen molar-refractivity contribution in [1.82, 2.24) is 19.7 Å². The zero-order chi connectivity index (χ0) is 15.3. The van der Waals surface area contributed by atoms with E-state index in [9.17, 15) is 19.8 Å². The van der Waals surface area contributed by atoms with Crippen molar-refractivity contribution in [3.63, 3.8) is 0 Å². The molecule has 1 aliphatic rings. The first-order valence-corrected chi connectivity index (χ1v) is 6.25. The first-order chi connectivity index (χ1) is 9.93. The number of aromatic nitrogens is 4. The molecule has 1 saturated heterocycles. The van der Waals surface area contributed by atoms with Crippen LogP contribution in [0.5, 0.6) is 0 Å². The Morgan fingerprint density at radius 1 is 1.29 bits per heavy atom. The average molecular weight is 298 g/mol. The highest BCUT2D eigenvalue weighted by molar-refractivity contribution is 5.76. The van der Waals surface area contributed by atoms with Crippen molar-refractivity contribution in [3.8, 4) is 0 Å². The lowest BCUT2D eigenvalue weighted by Gasteiger charge is -2.15. The summed E-state index contributed by atoms with van der Waals surface area (Å²) in [5, 5.41) is 32.9. The Balaban J connectivity index is 2.19. The van der Waals surface area contributed by atoms with E-state index >= 15 is 0 Å². The fraction of sp³-hybridized carbons (Fsp3) is 0.545. The van der Waals surface area contributed by atoms with E-state index < -0.39 is 42.3 Å². The van der Waals surface area contributed by atoms with Gasteiger partial charge >= 0.3 is 5.69 Å². The number of rotatable bonds is 2. The van der Waals surface area contributed by atoms with Crippen molar-refractivity contribution in [2.75, 3.05) is 6.61 Å². The van der Waals surface area contributed by atoms with Crippen molar-refractivity contribution in [3.05, 3.63) is 26.5 Å². The fourth-order valence-corrected chi connectivity index (χ4v) is 2.58. The van der Waals surface area contributed by atoms with Crippen LogP contribution in [0, 0.1) is 0 Å². The molecular formula is C11H14N4O6. The lowest BCUT2D eigenvalue weighted by Crippen LogP contribution is -2.32. The van der Waals surface area contributed by atoms with Crippen LogP contribution in [0.25, 0.3) is 11.0 Å². The van der Waals surface area contributed by atoms with E-state index in [1.54, 1.807) is 0 Å². The maximum absolute atomic E-state index is 11.7. The number of aliphatic hydroxyl groups is 3. The third-order valence-corrected chi connectivity index (χ3v) is 3.58. The molecule has 4 atom stereocenters. The van der Waals surface area contributed by atoms with E-state index in [1.165, 1.54) is 11.7 Å². The number of nitrogens with zero attached hydrogens (tertiary/aromatic N) is 2. The molecule has 1 fully saturated rings. The van der Waals surface area contributed by atoms with Gasteiger partial charge in [-0.3, -0.25) is 14.5 Å². The first-order valence-electron chi connectivity index (χ1n) is 6.25. The summed E-state index contributed by atoms with van der Waals surface area (Å²) in [4.78, 5) is 27.6. The van der Waals surface area contributed by atoms with Gasteiger partial charge in [0, 0.05) is 7.05 Å². The van der Waals surface area contributed by atoms with Gasteiger partial charge in [-0.1, -0.05) is 0 Å². The number of fused-ring (bicyclic) bond motifs is 1. The molecule has 0 unspecified atom stereocenters. The normalized spacial score (nSPS) is 29.3. The van der Waals surface area contributed by atoms with Crippen molar-refractivity contribution >= 4 is 11.0 Å². The molecule has 2 aromatic heterocycles. The number of hydrogen-bond donors (Lipinski definition) is 5. The molecule has 1 aliphatic heterocycles. The molecule has 0 bridgehead atoms. The first kappa shape index (κ1) is 13.9. The summed E-state index contributed by atoms with van der Waals surface area (Å²) >= 11 is 0. The molecule has 3 rings (SSSR count). The Kier molecular flexibility index (Phi) is 3.17. The molecule has 10 nitrogen and oxygen atoms in total. The fourth-order valence-electron chi connectivity index (χ4n) is 2.58. The molecule has 0 aliphatic carbocycles. The largest absolute Gasteiger partial charge is 0.394 e. The lowest BCUT2D eigenvalue weighted by atomic mass is 10.1. The Labute approximate surface area is 116 Å². The van der Waals surface area contributed by atoms with E-state index in [0.29, 0.717) is 0 Å². The average Bonchev–Trinajstić information content (AvgIpc) is 2.89. The molecule has 0 aromatic carbocycles. The van der Waals surface area contributed by atoms with Crippen LogP contribution in [-0.4, -0.2) is 60.0 Å². The quantitative estimate of drug-likeness (QED) is 0.398. The second-order valence-corrected chi connectivity index (χ2v) is 4.90. The molecule has 2 aromatic rings. The Morgan fingerprint density at radius 2 is 2.00 bits per heavy atom. The van der Waals surface area contributed by atoms with Gasteiger partial charge in [0.2, 0.25) is 0 Å². The minimum absolute atomic E-state index is 0.00941. The SMILES string of the molecule is Cn1nc2c(=O)[nH]c(=O)[nH]c2c1[C@@H]1O[C@H](CO)[C@@H](O)[C@H]1O. The Bertz CT molecular complexity index is 792. The van der Waals surface area contributed by atoms with Crippen molar-refractivity contribution in [2.24, 2.45) is 7.05 Å². The van der Waals surface area contributed by atoms with Gasteiger partial charge in [0.15, 0.2) is 5.52 Å². The summed E-state index contributed by atoms with van der Waals surface area (Å²) in [6, 6.07) is 0. The van der Waals surface area contributed by atoms with Crippen molar-refractivity contribution in [1.29, 1.82) is 0 Å². The summed E-state index contributed by atoms with van der Waals surface area (Å²) in [5.41, 5.74) is -1.02. The molecule has 0 spiro atoms. The van der Waals surface area contributed by atoms with Crippen LogP contribution in [0.1, 0.15) is 11.8 Å². The second kappa shape index (κ2) is 4.77. The van der Waals surface area contributed by atoms with Crippen LogP contribution in [0.15, 0.2) is 9.59 Å². The summed E-state index contributed by atoms with van der Waals surface area (Å²) in [6.07, 6.45) is -4.57. The molecule has 5 N–H and O–H groups in total. The van der Waals surface area contributed by atoms with Gasteiger partial charge in [0.1, 0.15) is 29.9 Å². The molecule has 114 valence electrons. The number of nitrogens with one attached hydrogen (secondary N) is 2. The maximum atomic E-state index is 11.7. The van der Waals surface area contributed by atoms with Crippen molar-refractivity contribution in [2.45, 2.75) is 24.4 Å². The summed E-state index contributed by atoms with van der Waals surface area (Å²) in [5.74, 6) is 0. The van der Waals surface area contributed by atoms with Crippen LogP contribution >= 0.6 is 0 Å². The van der Waals surface area contributed by atoms with Gasteiger partial charge in [0.05, 0.1) is 12.3 Å². The standard InChI is InChI=1S/C11H14N4O6/c1-15-6(9-8(18)7(17)3(2-16)21-9)4-5(14-15)10(19)13-11(20)12-4/h3,7-9,16-18H,2H2,1H3,(H2,12,13,19,20)/t3-,7-,8-,9+/m1/s1. The number of H-pyrrole nitrogens is 2. The van der Waals surface area contributed by atoms with Gasteiger partial charge < -0.3 is 25.0 Å². The van der Waals surface area contributed by atoms with Gasteiger partial charge in [-0.25, -0.2) is 4.79 Å². The van der Waals surface area contributed by atoms with Gasteiger partial charge in [-0.15, -0.1) is 0 Å². The molecular weight excluding hydrogens is 284 g/mol. The van der Waals surface area contributed by atoms with E-state index in [2.05, 4.69) is 10.1 Å². The molecule has 3 heterocycles. The van der Waals surface area contributed by atoms with E-state index in [0.717, 1.165) is 0 Å². The predicted octanol–water partition coefficient (Wildman–Crippen LogP) is -2.90. The highest BCUT2D eigenvalue weighted by atomic mass is 16.6. The number of aliphatic hydroxyl groups excluding tert-OH is 3. The lowest BCUT2D eigenvalue weighted by molar-refractivity contribution is -0.0246. The smallest absolute Gasteiger partial charge is 0.326 e. The van der Waals surface area contributed by atoms with Crippen LogP contribution in [0.2, 0.25) is 0 Å². The number of aromatic amines is 2. The highest BCUT2D eigenvalue weighted by Crippen LogP contribution is 2.35.